The zero-order chi connectivity index (χ0) is 14.1. The summed E-state index contributed by atoms with van der Waals surface area (Å²) >= 11 is 5.84. The van der Waals surface area contributed by atoms with Crippen LogP contribution in [0.3, 0.4) is 0 Å². The van der Waals surface area contributed by atoms with Crippen molar-refractivity contribution < 1.29 is 4.79 Å². The van der Waals surface area contributed by atoms with Gasteiger partial charge in [0, 0.05) is 17.5 Å². The Bertz CT molecular complexity index is 378. The first-order valence-corrected chi connectivity index (χ1v) is 7.23. The SMILES string of the molecule is CC(Cc1ccc(Cl)cc1)NC(=O)CCCCCN. The third-order valence-corrected chi connectivity index (χ3v) is 3.22. The molecule has 0 radical (unpaired) electrons. The van der Waals surface area contributed by atoms with Crippen molar-refractivity contribution in [3.8, 4) is 0 Å². The van der Waals surface area contributed by atoms with Crippen LogP contribution in [-0.2, 0) is 11.2 Å². The Morgan fingerprint density at radius 3 is 2.58 bits per heavy atom. The van der Waals surface area contributed by atoms with Gasteiger partial charge >= 0.3 is 0 Å². The molecule has 0 aromatic heterocycles. The van der Waals surface area contributed by atoms with Gasteiger partial charge in [0.25, 0.3) is 0 Å². The summed E-state index contributed by atoms with van der Waals surface area (Å²) in [6, 6.07) is 7.87. The molecular formula is C15H23ClN2O. The predicted octanol–water partition coefficient (Wildman–Crippen LogP) is 2.91. The highest BCUT2D eigenvalue weighted by Gasteiger charge is 2.07. The van der Waals surface area contributed by atoms with Gasteiger partial charge in [-0.05, 0) is 50.4 Å². The van der Waals surface area contributed by atoms with E-state index in [4.69, 9.17) is 17.3 Å². The normalized spacial score (nSPS) is 12.2. The molecule has 4 heteroatoms. The number of nitrogens with one attached hydrogen (secondary N) is 1. The smallest absolute Gasteiger partial charge is 0.220 e. The van der Waals surface area contributed by atoms with Crippen LogP contribution in [0.25, 0.3) is 0 Å². The molecule has 0 bridgehead atoms. The zero-order valence-corrected chi connectivity index (χ0v) is 12.2. The van der Waals surface area contributed by atoms with Crippen molar-refractivity contribution in [2.24, 2.45) is 5.73 Å². The summed E-state index contributed by atoms with van der Waals surface area (Å²) in [5.41, 5.74) is 6.59. The summed E-state index contributed by atoms with van der Waals surface area (Å²) in [5, 5.41) is 3.75. The highest BCUT2D eigenvalue weighted by atomic mass is 35.5. The van der Waals surface area contributed by atoms with E-state index in [1.807, 2.05) is 31.2 Å². The number of hydrogen-bond acceptors (Lipinski definition) is 2. The molecule has 3 nitrogen and oxygen atoms in total. The van der Waals surface area contributed by atoms with Crippen LogP contribution in [0.5, 0.6) is 0 Å². The Balaban J connectivity index is 2.24. The maximum absolute atomic E-state index is 11.7. The van der Waals surface area contributed by atoms with Crippen molar-refractivity contribution in [3.05, 3.63) is 34.9 Å². The molecule has 3 N–H and O–H groups in total. The number of carbonyl (C=O) groups excluding carboxylic acids is 1. The molecule has 1 aromatic rings. The highest BCUT2D eigenvalue weighted by molar-refractivity contribution is 6.30. The fourth-order valence-corrected chi connectivity index (χ4v) is 2.10. The van der Waals surface area contributed by atoms with Gasteiger partial charge < -0.3 is 11.1 Å². The van der Waals surface area contributed by atoms with Gasteiger partial charge in [0.05, 0.1) is 0 Å². The molecule has 0 spiro atoms. The second-order valence-electron chi connectivity index (χ2n) is 4.90. The molecule has 106 valence electrons. The molecule has 0 saturated carbocycles. The van der Waals surface area contributed by atoms with Crippen LogP contribution in [0.4, 0.5) is 0 Å². The topological polar surface area (TPSA) is 55.1 Å². The number of nitrogens with two attached hydrogens (primary N) is 1. The standard InChI is InChI=1S/C15H23ClN2O/c1-12(11-13-6-8-14(16)9-7-13)18-15(19)5-3-2-4-10-17/h6-9,12H,2-5,10-11,17H2,1H3,(H,18,19). The van der Waals surface area contributed by atoms with Gasteiger partial charge in [-0.25, -0.2) is 0 Å². The summed E-state index contributed by atoms with van der Waals surface area (Å²) in [6.07, 6.45) is 4.34. The van der Waals surface area contributed by atoms with Crippen molar-refractivity contribution >= 4 is 17.5 Å². The number of halogens is 1. The Kier molecular flexibility index (Phi) is 7.53. The predicted molar refractivity (Wildman–Crippen MR) is 80.3 cm³/mol. The van der Waals surface area contributed by atoms with Crippen LogP contribution in [0.1, 0.15) is 38.2 Å². The largest absolute Gasteiger partial charge is 0.353 e. The van der Waals surface area contributed by atoms with Crippen LogP contribution >= 0.6 is 11.6 Å². The molecule has 1 atom stereocenters. The molecule has 1 unspecified atom stereocenters. The number of hydrogen-bond donors (Lipinski definition) is 2. The molecule has 19 heavy (non-hydrogen) atoms. The molecule has 1 amide bonds. The van der Waals surface area contributed by atoms with Gasteiger partial charge in [-0.1, -0.05) is 30.2 Å². The van der Waals surface area contributed by atoms with Crippen molar-refractivity contribution in [1.82, 2.24) is 5.32 Å². The first kappa shape index (κ1) is 16.0. The van der Waals surface area contributed by atoms with Gasteiger partial charge in [-0.2, -0.15) is 0 Å². The van der Waals surface area contributed by atoms with Gasteiger partial charge in [-0.3, -0.25) is 4.79 Å². The Morgan fingerprint density at radius 2 is 1.95 bits per heavy atom. The molecule has 0 aliphatic rings. The molecule has 0 aliphatic carbocycles. The minimum atomic E-state index is 0.124. The fraction of sp³-hybridized carbons (Fsp3) is 0.533. The van der Waals surface area contributed by atoms with E-state index in [-0.39, 0.29) is 11.9 Å². The van der Waals surface area contributed by atoms with Crippen LogP contribution in [0.15, 0.2) is 24.3 Å². The van der Waals surface area contributed by atoms with Crippen LogP contribution < -0.4 is 11.1 Å². The Morgan fingerprint density at radius 1 is 1.26 bits per heavy atom. The highest BCUT2D eigenvalue weighted by Crippen LogP contribution is 2.11. The lowest BCUT2D eigenvalue weighted by molar-refractivity contribution is -0.121. The fourth-order valence-electron chi connectivity index (χ4n) is 1.98. The monoisotopic (exact) mass is 282 g/mol. The lowest BCUT2D eigenvalue weighted by Crippen LogP contribution is -2.33. The average molecular weight is 283 g/mol. The Hall–Kier alpha value is -1.06. The number of carbonyl (C=O) groups is 1. The number of benzene rings is 1. The Labute approximate surface area is 120 Å². The average Bonchev–Trinajstić information content (AvgIpc) is 2.37. The minimum Gasteiger partial charge on any atom is -0.353 e. The lowest BCUT2D eigenvalue weighted by atomic mass is 10.1. The second-order valence-corrected chi connectivity index (χ2v) is 5.33. The summed E-state index contributed by atoms with van der Waals surface area (Å²) in [4.78, 5) is 11.7. The first-order chi connectivity index (χ1) is 9.11. The van der Waals surface area contributed by atoms with Crippen molar-refractivity contribution in [1.29, 1.82) is 0 Å². The maximum Gasteiger partial charge on any atom is 0.220 e. The molecular weight excluding hydrogens is 260 g/mol. The first-order valence-electron chi connectivity index (χ1n) is 6.85. The summed E-state index contributed by atoms with van der Waals surface area (Å²) in [7, 11) is 0. The second kappa shape index (κ2) is 8.94. The van der Waals surface area contributed by atoms with Crippen molar-refractivity contribution in [3.63, 3.8) is 0 Å². The third kappa shape index (κ3) is 7.19. The van der Waals surface area contributed by atoms with Gasteiger partial charge in [0.1, 0.15) is 0 Å². The number of unbranched alkanes of at least 4 members (excludes halogenated alkanes) is 2. The van der Waals surface area contributed by atoms with Gasteiger partial charge in [0.2, 0.25) is 5.91 Å². The summed E-state index contributed by atoms with van der Waals surface area (Å²) < 4.78 is 0. The molecule has 1 rings (SSSR count). The molecule has 0 fully saturated rings. The number of amides is 1. The van der Waals surface area contributed by atoms with Gasteiger partial charge in [0.15, 0.2) is 0 Å². The quantitative estimate of drug-likeness (QED) is 0.720. The molecule has 0 heterocycles. The van der Waals surface area contributed by atoms with E-state index in [0.717, 1.165) is 30.7 Å². The number of rotatable bonds is 8. The zero-order valence-electron chi connectivity index (χ0n) is 11.5. The van der Waals surface area contributed by atoms with Crippen molar-refractivity contribution in [2.45, 2.75) is 45.1 Å². The van der Waals surface area contributed by atoms with Gasteiger partial charge in [-0.15, -0.1) is 0 Å². The van der Waals surface area contributed by atoms with E-state index in [1.165, 1.54) is 5.56 Å². The van der Waals surface area contributed by atoms with Crippen LogP contribution in [0.2, 0.25) is 5.02 Å². The minimum absolute atomic E-state index is 0.124. The third-order valence-electron chi connectivity index (χ3n) is 2.97. The van der Waals surface area contributed by atoms with Crippen LogP contribution in [0, 0.1) is 0 Å². The maximum atomic E-state index is 11.7. The summed E-state index contributed by atoms with van der Waals surface area (Å²) in [6.45, 7) is 2.72. The van der Waals surface area contributed by atoms with E-state index < -0.39 is 0 Å². The van der Waals surface area contributed by atoms with E-state index in [2.05, 4.69) is 5.32 Å². The molecule has 0 aliphatic heterocycles. The van der Waals surface area contributed by atoms with Crippen molar-refractivity contribution in [2.75, 3.05) is 6.54 Å². The van der Waals surface area contributed by atoms with E-state index >= 15 is 0 Å². The van der Waals surface area contributed by atoms with Crippen LogP contribution in [-0.4, -0.2) is 18.5 Å². The van der Waals surface area contributed by atoms with E-state index in [9.17, 15) is 4.79 Å². The lowest BCUT2D eigenvalue weighted by Gasteiger charge is -2.14. The molecule has 0 saturated heterocycles. The summed E-state index contributed by atoms with van der Waals surface area (Å²) in [5.74, 6) is 0.124. The molecule has 1 aromatic carbocycles. The van der Waals surface area contributed by atoms with E-state index in [1.54, 1.807) is 0 Å². The van der Waals surface area contributed by atoms with E-state index in [0.29, 0.717) is 13.0 Å².